The lowest BCUT2D eigenvalue weighted by Gasteiger charge is -2.13. The van der Waals surface area contributed by atoms with Gasteiger partial charge in [-0.05, 0) is 30.9 Å². The van der Waals surface area contributed by atoms with E-state index in [0.29, 0.717) is 17.1 Å². The number of fused-ring (bicyclic) bond motifs is 1. The van der Waals surface area contributed by atoms with Crippen molar-refractivity contribution >= 4 is 5.91 Å². The Hall–Kier alpha value is -3.24. The van der Waals surface area contributed by atoms with Gasteiger partial charge >= 0.3 is 6.18 Å². The predicted molar refractivity (Wildman–Crippen MR) is 109 cm³/mol. The van der Waals surface area contributed by atoms with Crippen molar-refractivity contribution in [2.24, 2.45) is 0 Å². The fourth-order valence-corrected chi connectivity index (χ4v) is 3.88. The van der Waals surface area contributed by atoms with Gasteiger partial charge in [-0.1, -0.05) is 20.3 Å². The molecule has 3 aromatic heterocycles. The van der Waals surface area contributed by atoms with Crippen molar-refractivity contribution in [1.82, 2.24) is 34.8 Å². The van der Waals surface area contributed by atoms with Crippen LogP contribution in [0, 0.1) is 0 Å². The SMILES string of the molecule is CC(C)c1c(C(=O)NCc2nnc3n2CCCCC3)cnn1-c1ccc(C(F)(F)F)cn1. The molecule has 0 saturated heterocycles. The van der Waals surface area contributed by atoms with Crippen LogP contribution in [0.1, 0.15) is 72.3 Å². The van der Waals surface area contributed by atoms with Crippen LogP contribution in [0.2, 0.25) is 0 Å². The summed E-state index contributed by atoms with van der Waals surface area (Å²) in [6, 6.07) is 2.19. The van der Waals surface area contributed by atoms with E-state index in [1.165, 1.54) is 16.9 Å². The van der Waals surface area contributed by atoms with Gasteiger partial charge in [-0.3, -0.25) is 4.79 Å². The van der Waals surface area contributed by atoms with Crippen LogP contribution < -0.4 is 5.32 Å². The molecule has 0 saturated carbocycles. The number of amides is 1. The number of nitrogens with one attached hydrogen (secondary N) is 1. The van der Waals surface area contributed by atoms with E-state index < -0.39 is 11.7 Å². The number of alkyl halides is 3. The Kier molecular flexibility index (Phi) is 5.98. The number of aryl methyl sites for hydroxylation is 1. The number of hydrogen-bond donors (Lipinski definition) is 1. The highest BCUT2D eigenvalue weighted by molar-refractivity contribution is 5.95. The van der Waals surface area contributed by atoms with Crippen molar-refractivity contribution in [2.75, 3.05) is 0 Å². The van der Waals surface area contributed by atoms with Gasteiger partial charge in [-0.25, -0.2) is 9.67 Å². The number of nitrogens with zero attached hydrogens (tertiary/aromatic N) is 6. The number of aromatic nitrogens is 6. The summed E-state index contributed by atoms with van der Waals surface area (Å²) >= 11 is 0. The Labute approximate surface area is 182 Å². The molecule has 8 nitrogen and oxygen atoms in total. The molecule has 1 N–H and O–H groups in total. The molecule has 0 fully saturated rings. The molecule has 3 aromatic rings. The molecule has 0 radical (unpaired) electrons. The van der Waals surface area contributed by atoms with Gasteiger partial charge in [0.05, 0.1) is 29.6 Å². The molecule has 11 heteroatoms. The maximum atomic E-state index is 12.9. The second kappa shape index (κ2) is 8.71. The van der Waals surface area contributed by atoms with Crippen molar-refractivity contribution in [2.45, 2.75) is 64.7 Å². The second-order valence-corrected chi connectivity index (χ2v) is 8.09. The zero-order chi connectivity index (χ0) is 22.9. The summed E-state index contributed by atoms with van der Waals surface area (Å²) in [5.41, 5.74) is 0.0667. The fraction of sp³-hybridized carbons (Fsp3) is 0.476. The Morgan fingerprint density at radius 3 is 2.66 bits per heavy atom. The molecule has 1 aliphatic rings. The summed E-state index contributed by atoms with van der Waals surface area (Å²) in [6.07, 6.45) is 1.86. The smallest absolute Gasteiger partial charge is 0.345 e. The normalized spacial score (nSPS) is 14.3. The summed E-state index contributed by atoms with van der Waals surface area (Å²) < 4.78 is 42.0. The molecule has 170 valence electrons. The van der Waals surface area contributed by atoms with Crippen molar-refractivity contribution < 1.29 is 18.0 Å². The topological polar surface area (TPSA) is 90.5 Å². The van der Waals surface area contributed by atoms with Crippen molar-refractivity contribution in [3.05, 3.63) is 53.0 Å². The summed E-state index contributed by atoms with van der Waals surface area (Å²) in [4.78, 5) is 16.8. The van der Waals surface area contributed by atoms with Crippen LogP contribution in [-0.2, 0) is 25.7 Å². The molecule has 32 heavy (non-hydrogen) atoms. The van der Waals surface area contributed by atoms with E-state index in [2.05, 4.69) is 30.2 Å². The third-order valence-electron chi connectivity index (χ3n) is 5.48. The van der Waals surface area contributed by atoms with Crippen molar-refractivity contribution in [3.8, 4) is 5.82 Å². The van der Waals surface area contributed by atoms with Gasteiger partial charge in [-0.15, -0.1) is 10.2 Å². The number of carbonyl (C=O) groups is 1. The number of rotatable bonds is 5. The minimum Gasteiger partial charge on any atom is -0.345 e. The summed E-state index contributed by atoms with van der Waals surface area (Å²) in [7, 11) is 0. The zero-order valence-corrected chi connectivity index (χ0v) is 17.9. The predicted octanol–water partition coefficient (Wildman–Crippen LogP) is 3.66. The standard InChI is InChI=1S/C21H24F3N7O/c1-13(2)19-15(11-27-31(19)16-8-7-14(10-25-16)21(22,23)24)20(32)26-12-18-29-28-17-6-4-3-5-9-30(17)18/h7-8,10-11,13H,3-6,9,12H2,1-2H3,(H,26,32). The van der Waals surface area contributed by atoms with Gasteiger partial charge in [0, 0.05) is 19.2 Å². The van der Waals surface area contributed by atoms with E-state index in [9.17, 15) is 18.0 Å². The maximum Gasteiger partial charge on any atom is 0.417 e. The summed E-state index contributed by atoms with van der Waals surface area (Å²) in [5, 5.41) is 15.6. The fourth-order valence-electron chi connectivity index (χ4n) is 3.88. The van der Waals surface area contributed by atoms with Crippen LogP contribution in [0.15, 0.2) is 24.5 Å². The second-order valence-electron chi connectivity index (χ2n) is 8.09. The molecule has 0 spiro atoms. The van der Waals surface area contributed by atoms with E-state index in [4.69, 9.17) is 0 Å². The third-order valence-corrected chi connectivity index (χ3v) is 5.48. The molecule has 0 aromatic carbocycles. The average molecular weight is 447 g/mol. The summed E-state index contributed by atoms with van der Waals surface area (Å²) in [5.74, 6) is 1.40. The van der Waals surface area contributed by atoms with Gasteiger partial charge in [0.1, 0.15) is 5.82 Å². The monoisotopic (exact) mass is 447 g/mol. The van der Waals surface area contributed by atoms with E-state index in [1.807, 2.05) is 13.8 Å². The molecule has 4 rings (SSSR count). The first kappa shape index (κ1) is 22.0. The molecule has 4 heterocycles. The minimum atomic E-state index is -4.47. The summed E-state index contributed by atoms with van der Waals surface area (Å²) in [6.45, 7) is 4.83. The van der Waals surface area contributed by atoms with E-state index >= 15 is 0 Å². The zero-order valence-electron chi connectivity index (χ0n) is 17.9. The lowest BCUT2D eigenvalue weighted by molar-refractivity contribution is -0.137. The van der Waals surface area contributed by atoms with Crippen LogP contribution in [0.5, 0.6) is 0 Å². The van der Waals surface area contributed by atoms with Gasteiger partial charge in [-0.2, -0.15) is 18.3 Å². The quantitative estimate of drug-likeness (QED) is 0.645. The number of pyridine rings is 1. The van der Waals surface area contributed by atoms with Gasteiger partial charge < -0.3 is 9.88 Å². The van der Waals surface area contributed by atoms with Crippen LogP contribution in [0.3, 0.4) is 0 Å². The number of hydrogen-bond acceptors (Lipinski definition) is 5. The molecule has 0 bridgehead atoms. The third kappa shape index (κ3) is 4.37. The highest BCUT2D eigenvalue weighted by Crippen LogP contribution is 2.29. The van der Waals surface area contributed by atoms with Crippen LogP contribution in [-0.4, -0.2) is 35.4 Å². The van der Waals surface area contributed by atoms with Gasteiger partial charge in [0.25, 0.3) is 5.91 Å². The molecule has 0 atom stereocenters. The van der Waals surface area contributed by atoms with Gasteiger partial charge in [0.15, 0.2) is 11.6 Å². The maximum absolute atomic E-state index is 12.9. The number of carbonyl (C=O) groups excluding carboxylic acids is 1. The molecule has 1 aliphatic heterocycles. The average Bonchev–Trinajstić information content (AvgIpc) is 3.29. The highest BCUT2D eigenvalue weighted by atomic mass is 19.4. The van der Waals surface area contributed by atoms with Crippen molar-refractivity contribution in [3.63, 3.8) is 0 Å². The molecule has 0 aliphatic carbocycles. The Bertz CT molecular complexity index is 1100. The number of halogens is 3. The molecular formula is C21H24F3N7O. The highest BCUT2D eigenvalue weighted by Gasteiger charge is 2.31. The lowest BCUT2D eigenvalue weighted by Crippen LogP contribution is -2.26. The van der Waals surface area contributed by atoms with E-state index in [0.717, 1.165) is 50.3 Å². The Balaban J connectivity index is 1.55. The van der Waals surface area contributed by atoms with Crippen LogP contribution >= 0.6 is 0 Å². The first-order valence-electron chi connectivity index (χ1n) is 10.6. The molecular weight excluding hydrogens is 423 g/mol. The van der Waals surface area contributed by atoms with E-state index in [-0.39, 0.29) is 24.2 Å². The largest absolute Gasteiger partial charge is 0.417 e. The van der Waals surface area contributed by atoms with Gasteiger partial charge in [0.2, 0.25) is 0 Å². The Morgan fingerprint density at radius 1 is 1.16 bits per heavy atom. The van der Waals surface area contributed by atoms with E-state index in [1.54, 1.807) is 0 Å². The van der Waals surface area contributed by atoms with Crippen molar-refractivity contribution in [1.29, 1.82) is 0 Å². The van der Waals surface area contributed by atoms with Crippen LogP contribution in [0.25, 0.3) is 5.82 Å². The Morgan fingerprint density at radius 2 is 1.97 bits per heavy atom. The molecule has 0 unspecified atom stereocenters. The first-order valence-corrected chi connectivity index (χ1v) is 10.6. The minimum absolute atomic E-state index is 0.119. The molecule has 1 amide bonds. The van der Waals surface area contributed by atoms with Crippen LogP contribution in [0.4, 0.5) is 13.2 Å². The lowest BCUT2D eigenvalue weighted by atomic mass is 10.1. The first-order chi connectivity index (χ1) is 15.3.